The largest absolute Gasteiger partial charge is 0.364 e. The third-order valence-corrected chi connectivity index (χ3v) is 1.60. The van der Waals surface area contributed by atoms with Crippen molar-refractivity contribution >= 4 is 17.4 Å². The topological polar surface area (TPSA) is 92.9 Å². The first-order valence-electron chi connectivity index (χ1n) is 3.41. The van der Waals surface area contributed by atoms with Crippen molar-refractivity contribution in [1.29, 1.82) is 0 Å². The minimum Gasteiger partial charge on any atom is -0.364 e. The maximum absolute atomic E-state index is 10.8. The van der Waals surface area contributed by atoms with Crippen LogP contribution in [-0.4, -0.2) is 22.5 Å². The molecule has 0 saturated carbocycles. The smallest absolute Gasteiger partial charge is 0.269 e. The van der Waals surface area contributed by atoms with Crippen LogP contribution in [0.25, 0.3) is 0 Å². The van der Waals surface area contributed by atoms with Gasteiger partial charge in [-0.3, -0.25) is 4.79 Å². The maximum Gasteiger partial charge on any atom is 0.269 e. The van der Waals surface area contributed by atoms with Crippen molar-refractivity contribution in [2.24, 2.45) is 5.73 Å². The summed E-state index contributed by atoms with van der Waals surface area (Å²) in [6, 6.07) is 0. The number of primary amides is 1. The van der Waals surface area contributed by atoms with Crippen molar-refractivity contribution in [2.75, 3.05) is 17.3 Å². The van der Waals surface area contributed by atoms with E-state index in [0.717, 1.165) is 0 Å². The Bertz CT molecular complexity index is 337. The number of anilines is 2. The Morgan fingerprint density at radius 1 is 1.50 bits per heavy atom. The van der Waals surface area contributed by atoms with Crippen molar-refractivity contribution < 1.29 is 4.79 Å². The number of rotatable bonds is 1. The third-order valence-electron chi connectivity index (χ3n) is 1.60. The van der Waals surface area contributed by atoms with Gasteiger partial charge in [-0.15, -0.1) is 0 Å². The predicted octanol–water partition coefficient (Wildman–Crippen LogP) is -0.630. The number of fused-ring (bicyclic) bond motifs is 1. The normalized spacial score (nSPS) is 13.0. The van der Waals surface area contributed by atoms with Gasteiger partial charge in [-0.2, -0.15) is 0 Å². The Morgan fingerprint density at radius 2 is 2.33 bits per heavy atom. The highest BCUT2D eigenvalue weighted by atomic mass is 16.1. The molecule has 0 unspecified atom stereocenters. The lowest BCUT2D eigenvalue weighted by Gasteiger charge is -2.00. The molecule has 0 aliphatic carbocycles. The molecule has 6 heteroatoms. The number of nitrogens with two attached hydrogens (primary N) is 1. The van der Waals surface area contributed by atoms with Crippen LogP contribution in [0.1, 0.15) is 10.5 Å². The van der Waals surface area contributed by atoms with Gasteiger partial charge in [-0.05, 0) is 0 Å². The van der Waals surface area contributed by atoms with Crippen molar-refractivity contribution in [3.63, 3.8) is 0 Å². The fraction of sp³-hybridized carbons (Fsp3) is 0.167. The van der Waals surface area contributed by atoms with Gasteiger partial charge in [0.15, 0.2) is 11.5 Å². The van der Waals surface area contributed by atoms with E-state index in [1.165, 1.54) is 6.33 Å². The van der Waals surface area contributed by atoms with Crippen molar-refractivity contribution in [2.45, 2.75) is 0 Å². The molecule has 12 heavy (non-hydrogen) atoms. The number of hydrogen-bond acceptors (Lipinski definition) is 5. The summed E-state index contributed by atoms with van der Waals surface area (Å²) in [5.74, 6) is 0.0728. The molecule has 0 saturated heterocycles. The van der Waals surface area contributed by atoms with E-state index in [1.54, 1.807) is 0 Å². The molecule has 4 N–H and O–H groups in total. The van der Waals surface area contributed by atoms with Crippen LogP contribution in [0.15, 0.2) is 6.33 Å². The van der Waals surface area contributed by atoms with Gasteiger partial charge in [0.1, 0.15) is 12.0 Å². The van der Waals surface area contributed by atoms with Crippen LogP contribution in [0, 0.1) is 0 Å². The second kappa shape index (κ2) is 2.33. The standard InChI is InChI=1S/C6H7N5O/c7-5(12)3-4-6(10-1-8-3)11-2-9-4/h1,9H,2H2,(H2,7,12)(H,8,10,11). The molecule has 1 aliphatic heterocycles. The molecular weight excluding hydrogens is 158 g/mol. The number of carbonyl (C=O) groups is 1. The number of nitrogens with one attached hydrogen (secondary N) is 2. The molecule has 1 aliphatic rings. The van der Waals surface area contributed by atoms with Crippen LogP contribution in [-0.2, 0) is 0 Å². The van der Waals surface area contributed by atoms with Crippen LogP contribution in [0.5, 0.6) is 0 Å². The number of hydrogen-bond donors (Lipinski definition) is 3. The SMILES string of the molecule is NC(=O)c1ncnc2c1NCN2. The summed E-state index contributed by atoms with van der Waals surface area (Å²) in [6.45, 7) is 0.550. The lowest BCUT2D eigenvalue weighted by Crippen LogP contribution is -2.15. The molecule has 62 valence electrons. The highest BCUT2D eigenvalue weighted by molar-refractivity contribution is 5.99. The van der Waals surface area contributed by atoms with E-state index in [-0.39, 0.29) is 5.69 Å². The minimum absolute atomic E-state index is 0.227. The van der Waals surface area contributed by atoms with Gasteiger partial charge in [-0.1, -0.05) is 0 Å². The molecule has 0 bridgehead atoms. The summed E-state index contributed by atoms with van der Waals surface area (Å²) in [5.41, 5.74) is 5.90. The summed E-state index contributed by atoms with van der Waals surface area (Å²) in [7, 11) is 0. The maximum atomic E-state index is 10.8. The zero-order chi connectivity index (χ0) is 8.55. The lowest BCUT2D eigenvalue weighted by molar-refractivity contribution is 0.0996. The van der Waals surface area contributed by atoms with E-state index in [4.69, 9.17) is 5.73 Å². The van der Waals surface area contributed by atoms with Crippen molar-refractivity contribution in [1.82, 2.24) is 9.97 Å². The van der Waals surface area contributed by atoms with E-state index >= 15 is 0 Å². The van der Waals surface area contributed by atoms with Crippen LogP contribution in [0.4, 0.5) is 11.5 Å². The van der Waals surface area contributed by atoms with Crippen LogP contribution in [0.3, 0.4) is 0 Å². The fourth-order valence-electron chi connectivity index (χ4n) is 1.09. The molecule has 0 atom stereocenters. The average Bonchev–Trinajstić information content (AvgIpc) is 2.49. The molecule has 1 aromatic heterocycles. The highest BCUT2D eigenvalue weighted by Gasteiger charge is 2.18. The summed E-state index contributed by atoms with van der Waals surface area (Å²) in [5, 5.41) is 5.84. The first-order valence-corrected chi connectivity index (χ1v) is 3.41. The highest BCUT2D eigenvalue weighted by Crippen LogP contribution is 2.24. The van der Waals surface area contributed by atoms with Gasteiger partial charge in [0.2, 0.25) is 0 Å². The molecule has 0 spiro atoms. The fourth-order valence-corrected chi connectivity index (χ4v) is 1.09. The Kier molecular flexibility index (Phi) is 1.33. The molecule has 0 fully saturated rings. The Hall–Kier alpha value is -1.85. The van der Waals surface area contributed by atoms with Gasteiger partial charge in [0.25, 0.3) is 5.91 Å². The molecule has 0 radical (unpaired) electrons. The van der Waals surface area contributed by atoms with E-state index in [1.807, 2.05) is 0 Å². The molecule has 2 heterocycles. The molecule has 6 nitrogen and oxygen atoms in total. The van der Waals surface area contributed by atoms with Gasteiger partial charge in [0, 0.05) is 0 Å². The average molecular weight is 165 g/mol. The second-order valence-corrected chi connectivity index (χ2v) is 2.34. The Balaban J connectivity index is 2.56. The molecule has 1 aromatic rings. The molecule has 1 amide bonds. The van der Waals surface area contributed by atoms with Crippen LogP contribution < -0.4 is 16.4 Å². The van der Waals surface area contributed by atoms with Crippen LogP contribution >= 0.6 is 0 Å². The van der Waals surface area contributed by atoms with Crippen molar-refractivity contribution in [3.8, 4) is 0 Å². The number of amides is 1. The zero-order valence-electron chi connectivity index (χ0n) is 6.16. The van der Waals surface area contributed by atoms with Gasteiger partial charge in [-0.25, -0.2) is 9.97 Å². The summed E-state index contributed by atoms with van der Waals surface area (Å²) < 4.78 is 0. The van der Waals surface area contributed by atoms with E-state index in [9.17, 15) is 4.79 Å². The molecule has 0 aromatic carbocycles. The number of nitrogens with zero attached hydrogens (tertiary/aromatic N) is 2. The first kappa shape index (κ1) is 6.84. The minimum atomic E-state index is -0.551. The van der Waals surface area contributed by atoms with Gasteiger partial charge >= 0.3 is 0 Å². The van der Waals surface area contributed by atoms with Crippen molar-refractivity contribution in [3.05, 3.63) is 12.0 Å². The molecular formula is C6H7N5O. The van der Waals surface area contributed by atoms with Gasteiger partial charge < -0.3 is 16.4 Å². The number of aromatic nitrogens is 2. The predicted molar refractivity (Wildman–Crippen MR) is 42.7 cm³/mol. The summed E-state index contributed by atoms with van der Waals surface area (Å²) >= 11 is 0. The monoisotopic (exact) mass is 165 g/mol. The van der Waals surface area contributed by atoms with Gasteiger partial charge in [0.05, 0.1) is 6.67 Å². The second-order valence-electron chi connectivity index (χ2n) is 2.34. The summed E-state index contributed by atoms with van der Waals surface area (Å²) in [4.78, 5) is 18.5. The zero-order valence-corrected chi connectivity index (χ0v) is 6.16. The molecule has 2 rings (SSSR count). The lowest BCUT2D eigenvalue weighted by atomic mass is 10.3. The third kappa shape index (κ3) is 0.849. The Morgan fingerprint density at radius 3 is 3.08 bits per heavy atom. The van der Waals surface area contributed by atoms with E-state index in [2.05, 4.69) is 20.6 Å². The Labute approximate surface area is 68.2 Å². The van der Waals surface area contributed by atoms with E-state index < -0.39 is 5.91 Å². The first-order chi connectivity index (χ1) is 5.79. The van der Waals surface area contributed by atoms with E-state index in [0.29, 0.717) is 18.2 Å². The quantitative estimate of drug-likeness (QED) is 0.515. The van der Waals surface area contributed by atoms with Crippen LogP contribution in [0.2, 0.25) is 0 Å². The number of carbonyl (C=O) groups excluding carboxylic acids is 1. The summed E-state index contributed by atoms with van der Waals surface area (Å²) in [6.07, 6.45) is 1.30.